The maximum Gasteiger partial charge on any atom is 0.127 e. The first-order valence-corrected chi connectivity index (χ1v) is 9.51. The Morgan fingerprint density at radius 2 is 1.96 bits per heavy atom. The highest BCUT2D eigenvalue weighted by Gasteiger charge is 2.49. The standard InChI is InChI=1S/C21H32O3/c1-5-6-7-8-14-11-17(22)19-15-13-21(4,23)10-9-16(15)20(2,3)24-18(19)12-14/h11-12,15-16,22-23H,5-10,13H2,1-4H3/t15?,16-,21-/m1/s1. The number of fused-ring (bicyclic) bond motifs is 3. The molecule has 0 saturated heterocycles. The number of hydrogen-bond acceptors (Lipinski definition) is 3. The maximum absolute atomic E-state index is 10.7. The van der Waals surface area contributed by atoms with Gasteiger partial charge in [0.2, 0.25) is 0 Å². The number of hydrogen-bond donors (Lipinski definition) is 2. The molecule has 3 heteroatoms. The normalized spacial score (nSPS) is 31.0. The number of phenols is 1. The van der Waals surface area contributed by atoms with E-state index in [1.54, 1.807) is 0 Å². The van der Waals surface area contributed by atoms with E-state index in [1.165, 1.54) is 12.8 Å². The number of benzene rings is 1. The van der Waals surface area contributed by atoms with Crippen molar-refractivity contribution in [1.29, 1.82) is 0 Å². The Morgan fingerprint density at radius 3 is 2.67 bits per heavy atom. The molecule has 1 fully saturated rings. The summed E-state index contributed by atoms with van der Waals surface area (Å²) in [5.74, 6) is 1.67. The zero-order valence-corrected chi connectivity index (χ0v) is 15.6. The van der Waals surface area contributed by atoms with Crippen molar-refractivity contribution < 1.29 is 14.9 Å². The van der Waals surface area contributed by atoms with Crippen LogP contribution in [0.1, 0.15) is 83.3 Å². The number of unbranched alkanes of at least 4 members (excludes halogenated alkanes) is 2. The van der Waals surface area contributed by atoms with Crippen LogP contribution in [0.2, 0.25) is 0 Å². The molecule has 3 rings (SSSR count). The van der Waals surface area contributed by atoms with Crippen LogP contribution in [0.15, 0.2) is 12.1 Å². The number of ether oxygens (including phenoxy) is 1. The summed E-state index contributed by atoms with van der Waals surface area (Å²) in [6, 6.07) is 4.03. The fourth-order valence-corrected chi connectivity index (χ4v) is 4.73. The zero-order chi connectivity index (χ0) is 17.5. The van der Waals surface area contributed by atoms with Crippen molar-refractivity contribution in [2.45, 2.75) is 89.8 Å². The predicted octanol–water partition coefficient (Wildman–Crippen LogP) is 4.93. The van der Waals surface area contributed by atoms with Crippen molar-refractivity contribution in [2.24, 2.45) is 5.92 Å². The molecule has 0 amide bonds. The van der Waals surface area contributed by atoms with Crippen molar-refractivity contribution in [2.75, 3.05) is 0 Å². The summed E-state index contributed by atoms with van der Waals surface area (Å²) in [7, 11) is 0. The molecule has 3 nitrogen and oxygen atoms in total. The van der Waals surface area contributed by atoms with E-state index in [9.17, 15) is 10.2 Å². The monoisotopic (exact) mass is 332 g/mol. The van der Waals surface area contributed by atoms with Crippen molar-refractivity contribution in [3.05, 3.63) is 23.3 Å². The third-order valence-corrected chi connectivity index (χ3v) is 6.03. The number of aryl methyl sites for hydroxylation is 1. The second kappa shape index (κ2) is 6.25. The molecule has 24 heavy (non-hydrogen) atoms. The average Bonchev–Trinajstić information content (AvgIpc) is 2.44. The van der Waals surface area contributed by atoms with E-state index in [0.29, 0.717) is 18.1 Å². The third kappa shape index (κ3) is 3.28. The summed E-state index contributed by atoms with van der Waals surface area (Å²) in [6.07, 6.45) is 6.94. The van der Waals surface area contributed by atoms with Crippen LogP contribution in [-0.4, -0.2) is 21.4 Å². The van der Waals surface area contributed by atoms with Gasteiger partial charge in [-0.3, -0.25) is 0 Å². The third-order valence-electron chi connectivity index (χ3n) is 6.03. The Balaban J connectivity index is 1.96. The topological polar surface area (TPSA) is 49.7 Å². The second-order valence-corrected chi connectivity index (χ2v) is 8.64. The largest absolute Gasteiger partial charge is 0.508 e. The lowest BCUT2D eigenvalue weighted by Crippen LogP contribution is -2.49. The van der Waals surface area contributed by atoms with E-state index in [2.05, 4.69) is 26.8 Å². The molecule has 1 heterocycles. The molecule has 2 N–H and O–H groups in total. The van der Waals surface area contributed by atoms with Gasteiger partial charge in [0, 0.05) is 17.4 Å². The van der Waals surface area contributed by atoms with Crippen LogP contribution in [0.5, 0.6) is 11.5 Å². The van der Waals surface area contributed by atoms with Crippen molar-refractivity contribution in [1.82, 2.24) is 0 Å². The fraction of sp³-hybridized carbons (Fsp3) is 0.714. The molecule has 2 aliphatic rings. The van der Waals surface area contributed by atoms with Crippen LogP contribution in [0.4, 0.5) is 0 Å². The van der Waals surface area contributed by atoms with Crippen LogP contribution in [0, 0.1) is 5.92 Å². The quantitative estimate of drug-likeness (QED) is 0.769. The molecule has 0 radical (unpaired) electrons. The van der Waals surface area contributed by atoms with Crippen LogP contribution in [0.25, 0.3) is 0 Å². The van der Waals surface area contributed by atoms with Gasteiger partial charge in [0.05, 0.1) is 5.60 Å². The van der Waals surface area contributed by atoms with Gasteiger partial charge in [-0.15, -0.1) is 0 Å². The number of phenolic OH excluding ortho intramolecular Hbond substituents is 1. The van der Waals surface area contributed by atoms with E-state index >= 15 is 0 Å². The van der Waals surface area contributed by atoms with Crippen LogP contribution in [-0.2, 0) is 6.42 Å². The van der Waals surface area contributed by atoms with E-state index in [0.717, 1.165) is 42.6 Å². The fourth-order valence-electron chi connectivity index (χ4n) is 4.73. The minimum Gasteiger partial charge on any atom is -0.508 e. The van der Waals surface area contributed by atoms with Crippen molar-refractivity contribution >= 4 is 0 Å². The minimum absolute atomic E-state index is 0.164. The lowest BCUT2D eigenvalue weighted by atomic mass is 9.63. The number of aliphatic hydroxyl groups is 1. The highest BCUT2D eigenvalue weighted by atomic mass is 16.5. The van der Waals surface area contributed by atoms with Gasteiger partial charge < -0.3 is 14.9 Å². The van der Waals surface area contributed by atoms with Crippen molar-refractivity contribution in [3.63, 3.8) is 0 Å². The van der Waals surface area contributed by atoms with E-state index in [-0.39, 0.29) is 11.5 Å². The van der Waals surface area contributed by atoms with Crippen LogP contribution in [0.3, 0.4) is 0 Å². The molecule has 1 unspecified atom stereocenters. The predicted molar refractivity (Wildman–Crippen MR) is 96.7 cm³/mol. The molecular formula is C21H32O3. The Hall–Kier alpha value is -1.22. The van der Waals surface area contributed by atoms with Gasteiger partial charge >= 0.3 is 0 Å². The SMILES string of the molecule is CCCCCc1cc(O)c2c(c1)OC(C)(C)[C@@H]1CC[C@@](C)(O)CC21. The Morgan fingerprint density at radius 1 is 1.21 bits per heavy atom. The molecule has 0 spiro atoms. The van der Waals surface area contributed by atoms with E-state index < -0.39 is 5.60 Å². The summed E-state index contributed by atoms with van der Waals surface area (Å²) >= 11 is 0. The maximum atomic E-state index is 10.7. The van der Waals surface area contributed by atoms with Crippen LogP contribution >= 0.6 is 0 Å². The van der Waals surface area contributed by atoms with Gasteiger partial charge in [-0.1, -0.05) is 19.8 Å². The first-order valence-electron chi connectivity index (χ1n) is 9.51. The highest BCUT2D eigenvalue weighted by Crippen LogP contribution is 2.56. The Bertz CT molecular complexity index is 603. The second-order valence-electron chi connectivity index (χ2n) is 8.64. The molecular weight excluding hydrogens is 300 g/mol. The summed E-state index contributed by atoms with van der Waals surface area (Å²) in [4.78, 5) is 0. The summed E-state index contributed by atoms with van der Waals surface area (Å²) in [5, 5.41) is 21.3. The van der Waals surface area contributed by atoms with Crippen molar-refractivity contribution in [3.8, 4) is 11.5 Å². The van der Waals surface area contributed by atoms with E-state index in [4.69, 9.17) is 4.74 Å². The summed E-state index contributed by atoms with van der Waals surface area (Å²) < 4.78 is 6.34. The molecule has 1 aliphatic carbocycles. The number of aromatic hydroxyl groups is 1. The molecule has 1 saturated carbocycles. The van der Waals surface area contributed by atoms with Gasteiger partial charge in [0.1, 0.15) is 17.1 Å². The smallest absolute Gasteiger partial charge is 0.127 e. The highest BCUT2D eigenvalue weighted by molar-refractivity contribution is 5.52. The lowest BCUT2D eigenvalue weighted by molar-refractivity contribution is -0.0659. The molecule has 134 valence electrons. The van der Waals surface area contributed by atoms with Gasteiger partial charge in [0.25, 0.3) is 0 Å². The van der Waals surface area contributed by atoms with Gasteiger partial charge in [-0.2, -0.15) is 0 Å². The summed E-state index contributed by atoms with van der Waals surface area (Å²) in [5.41, 5.74) is 1.15. The average molecular weight is 332 g/mol. The first-order chi connectivity index (χ1) is 11.2. The first kappa shape index (κ1) is 17.6. The molecule has 1 aliphatic heterocycles. The molecule has 1 aromatic rings. The number of rotatable bonds is 4. The Kier molecular flexibility index (Phi) is 4.59. The van der Waals surface area contributed by atoms with Crippen LogP contribution < -0.4 is 4.74 Å². The Labute approximate surface area is 146 Å². The minimum atomic E-state index is -0.655. The van der Waals surface area contributed by atoms with Gasteiger partial charge in [-0.25, -0.2) is 0 Å². The molecule has 0 bridgehead atoms. The van der Waals surface area contributed by atoms with E-state index in [1.807, 2.05) is 13.0 Å². The zero-order valence-electron chi connectivity index (χ0n) is 15.6. The summed E-state index contributed by atoms with van der Waals surface area (Å²) in [6.45, 7) is 8.41. The van der Waals surface area contributed by atoms with Gasteiger partial charge in [0.15, 0.2) is 0 Å². The lowest BCUT2D eigenvalue weighted by Gasteiger charge is -2.50. The molecule has 1 aromatic carbocycles. The molecule has 3 atom stereocenters. The molecule has 0 aromatic heterocycles. The van der Waals surface area contributed by atoms with Gasteiger partial charge in [-0.05, 0) is 70.6 Å².